The predicted molar refractivity (Wildman–Crippen MR) is 111 cm³/mol. The molecule has 2 aromatic carbocycles. The fourth-order valence-electron chi connectivity index (χ4n) is 3.30. The lowest BCUT2D eigenvalue weighted by Crippen LogP contribution is -2.36. The molecule has 0 saturated carbocycles. The number of carbonyl (C=O) groups excluding carboxylic acids is 1. The summed E-state index contributed by atoms with van der Waals surface area (Å²) in [7, 11) is 0. The standard InChI is InChI=1S/C22H20BrN3O2/c23-19-9-7-17(8-10-19)21-24-22(28-25-21)18-12-14-26(15-13-18)20(27)11-6-16-4-2-1-3-5-16/h1-11,18H,12-15H2/b11-6+. The van der Waals surface area contributed by atoms with E-state index in [9.17, 15) is 4.79 Å². The molecule has 0 atom stereocenters. The highest BCUT2D eigenvalue weighted by molar-refractivity contribution is 9.10. The van der Waals surface area contributed by atoms with E-state index in [0.29, 0.717) is 24.8 Å². The van der Waals surface area contributed by atoms with Crippen LogP contribution in [0.25, 0.3) is 17.5 Å². The lowest BCUT2D eigenvalue weighted by atomic mass is 9.96. The van der Waals surface area contributed by atoms with E-state index < -0.39 is 0 Å². The summed E-state index contributed by atoms with van der Waals surface area (Å²) in [6.45, 7) is 1.39. The highest BCUT2D eigenvalue weighted by Crippen LogP contribution is 2.29. The topological polar surface area (TPSA) is 59.2 Å². The normalized spacial score (nSPS) is 15.2. The molecule has 1 aliphatic heterocycles. The number of hydrogen-bond donors (Lipinski definition) is 0. The van der Waals surface area contributed by atoms with Crippen molar-refractivity contribution in [2.24, 2.45) is 0 Å². The van der Waals surface area contributed by atoms with Gasteiger partial charge in [0.2, 0.25) is 17.6 Å². The van der Waals surface area contributed by atoms with Gasteiger partial charge in [-0.1, -0.05) is 51.4 Å². The summed E-state index contributed by atoms with van der Waals surface area (Å²) in [6.07, 6.45) is 5.16. The van der Waals surface area contributed by atoms with Crippen molar-refractivity contribution in [3.63, 3.8) is 0 Å². The monoisotopic (exact) mass is 437 g/mol. The first kappa shape index (κ1) is 18.6. The minimum atomic E-state index is 0.0448. The Labute approximate surface area is 172 Å². The molecule has 1 aliphatic rings. The van der Waals surface area contributed by atoms with Gasteiger partial charge in [-0.3, -0.25) is 4.79 Å². The van der Waals surface area contributed by atoms with Gasteiger partial charge in [-0.05, 0) is 48.7 Å². The lowest BCUT2D eigenvalue weighted by molar-refractivity contribution is -0.127. The van der Waals surface area contributed by atoms with Gasteiger partial charge in [-0.2, -0.15) is 4.98 Å². The van der Waals surface area contributed by atoms with E-state index >= 15 is 0 Å². The van der Waals surface area contributed by atoms with E-state index in [4.69, 9.17) is 4.52 Å². The van der Waals surface area contributed by atoms with Crippen LogP contribution in [0.3, 0.4) is 0 Å². The molecule has 142 valence electrons. The quantitative estimate of drug-likeness (QED) is 0.543. The summed E-state index contributed by atoms with van der Waals surface area (Å²) in [4.78, 5) is 18.9. The van der Waals surface area contributed by atoms with E-state index in [1.54, 1.807) is 6.08 Å². The second-order valence-corrected chi connectivity index (χ2v) is 7.72. The van der Waals surface area contributed by atoms with E-state index in [0.717, 1.165) is 28.4 Å². The Kier molecular flexibility index (Phi) is 5.67. The zero-order chi connectivity index (χ0) is 19.3. The summed E-state index contributed by atoms with van der Waals surface area (Å²) < 4.78 is 6.51. The number of hydrogen-bond acceptors (Lipinski definition) is 4. The fourth-order valence-corrected chi connectivity index (χ4v) is 3.57. The highest BCUT2D eigenvalue weighted by atomic mass is 79.9. The molecule has 4 rings (SSSR count). The molecule has 28 heavy (non-hydrogen) atoms. The molecule has 1 amide bonds. The number of rotatable bonds is 4. The largest absolute Gasteiger partial charge is 0.339 e. The Morgan fingerprint density at radius 3 is 2.50 bits per heavy atom. The van der Waals surface area contributed by atoms with E-state index in [1.807, 2.05) is 65.6 Å². The molecule has 0 radical (unpaired) electrons. The Morgan fingerprint density at radius 1 is 1.07 bits per heavy atom. The average Bonchev–Trinajstić information content (AvgIpc) is 3.24. The molecular weight excluding hydrogens is 418 g/mol. The van der Waals surface area contributed by atoms with Gasteiger partial charge in [-0.25, -0.2) is 0 Å². The third-order valence-electron chi connectivity index (χ3n) is 4.92. The van der Waals surface area contributed by atoms with Gasteiger partial charge in [0.25, 0.3) is 0 Å². The van der Waals surface area contributed by atoms with E-state index in [2.05, 4.69) is 26.1 Å². The second kappa shape index (κ2) is 8.52. The van der Waals surface area contributed by atoms with Gasteiger partial charge < -0.3 is 9.42 Å². The van der Waals surface area contributed by atoms with Gasteiger partial charge in [0.1, 0.15) is 0 Å². The summed E-state index contributed by atoms with van der Waals surface area (Å²) in [5.74, 6) is 1.50. The van der Waals surface area contributed by atoms with Crippen LogP contribution in [0.2, 0.25) is 0 Å². The number of carbonyl (C=O) groups is 1. The molecule has 0 bridgehead atoms. The number of benzene rings is 2. The maximum absolute atomic E-state index is 12.4. The van der Waals surface area contributed by atoms with Crippen molar-refractivity contribution < 1.29 is 9.32 Å². The first-order chi connectivity index (χ1) is 13.7. The maximum Gasteiger partial charge on any atom is 0.246 e. The summed E-state index contributed by atoms with van der Waals surface area (Å²) in [5, 5.41) is 4.12. The number of aromatic nitrogens is 2. The van der Waals surface area contributed by atoms with Gasteiger partial charge >= 0.3 is 0 Å². The first-order valence-corrected chi connectivity index (χ1v) is 10.1. The SMILES string of the molecule is O=C(/C=C/c1ccccc1)N1CCC(c2nc(-c3ccc(Br)cc3)no2)CC1. The Balaban J connectivity index is 1.35. The molecule has 1 aromatic heterocycles. The molecule has 1 saturated heterocycles. The minimum absolute atomic E-state index is 0.0448. The number of amides is 1. The van der Waals surface area contributed by atoms with Crippen LogP contribution in [0, 0.1) is 0 Å². The molecule has 0 N–H and O–H groups in total. The van der Waals surface area contributed by atoms with Crippen molar-refractivity contribution in [2.45, 2.75) is 18.8 Å². The summed E-state index contributed by atoms with van der Waals surface area (Å²) in [6, 6.07) is 17.7. The minimum Gasteiger partial charge on any atom is -0.339 e. The molecule has 3 aromatic rings. The number of halogens is 1. The van der Waals surface area contributed by atoms with E-state index in [-0.39, 0.29) is 11.8 Å². The smallest absolute Gasteiger partial charge is 0.246 e. The zero-order valence-electron chi connectivity index (χ0n) is 15.3. The molecule has 0 aliphatic carbocycles. The van der Waals surface area contributed by atoms with Crippen molar-refractivity contribution >= 4 is 27.9 Å². The molecule has 6 heteroatoms. The molecule has 1 fully saturated rings. The van der Waals surface area contributed by atoms with Crippen LogP contribution in [0.1, 0.15) is 30.2 Å². The van der Waals surface area contributed by atoms with Gasteiger partial charge in [0.05, 0.1) is 0 Å². The van der Waals surface area contributed by atoms with Crippen molar-refractivity contribution in [1.82, 2.24) is 15.0 Å². The highest BCUT2D eigenvalue weighted by Gasteiger charge is 2.26. The molecule has 5 nitrogen and oxygen atoms in total. The van der Waals surface area contributed by atoms with Crippen molar-refractivity contribution in [3.05, 3.63) is 76.6 Å². The van der Waals surface area contributed by atoms with Crippen LogP contribution in [0.15, 0.2) is 69.7 Å². The molecular formula is C22H20BrN3O2. The van der Waals surface area contributed by atoms with Gasteiger partial charge in [0, 0.05) is 35.1 Å². The van der Waals surface area contributed by atoms with Gasteiger partial charge in [-0.15, -0.1) is 0 Å². The predicted octanol–water partition coefficient (Wildman–Crippen LogP) is 4.92. The van der Waals surface area contributed by atoms with Crippen molar-refractivity contribution in [2.75, 3.05) is 13.1 Å². The van der Waals surface area contributed by atoms with Crippen LogP contribution >= 0.6 is 15.9 Å². The van der Waals surface area contributed by atoms with Crippen LogP contribution < -0.4 is 0 Å². The average molecular weight is 438 g/mol. The second-order valence-electron chi connectivity index (χ2n) is 6.81. The van der Waals surface area contributed by atoms with Crippen molar-refractivity contribution in [3.8, 4) is 11.4 Å². The van der Waals surface area contributed by atoms with E-state index in [1.165, 1.54) is 0 Å². The molecule has 0 unspecified atom stereocenters. The first-order valence-electron chi connectivity index (χ1n) is 9.30. The fraction of sp³-hybridized carbons (Fsp3) is 0.227. The maximum atomic E-state index is 12.4. The molecule has 0 spiro atoms. The Hall–Kier alpha value is -2.73. The Bertz CT molecular complexity index is 959. The van der Waals surface area contributed by atoms with Crippen LogP contribution in [-0.2, 0) is 4.79 Å². The molecule has 2 heterocycles. The van der Waals surface area contributed by atoms with Crippen LogP contribution in [0.5, 0.6) is 0 Å². The number of nitrogens with zero attached hydrogens (tertiary/aromatic N) is 3. The van der Waals surface area contributed by atoms with Crippen molar-refractivity contribution in [1.29, 1.82) is 0 Å². The summed E-state index contributed by atoms with van der Waals surface area (Å²) >= 11 is 3.43. The number of likely N-dealkylation sites (tertiary alicyclic amines) is 1. The summed E-state index contributed by atoms with van der Waals surface area (Å²) in [5.41, 5.74) is 1.95. The van der Waals surface area contributed by atoms with Crippen LogP contribution in [-0.4, -0.2) is 34.0 Å². The number of piperidine rings is 1. The Morgan fingerprint density at radius 2 is 1.79 bits per heavy atom. The third kappa shape index (κ3) is 4.39. The lowest BCUT2D eigenvalue weighted by Gasteiger charge is -2.29. The zero-order valence-corrected chi connectivity index (χ0v) is 16.9. The van der Waals surface area contributed by atoms with Gasteiger partial charge in [0.15, 0.2) is 0 Å². The third-order valence-corrected chi connectivity index (χ3v) is 5.45. The van der Waals surface area contributed by atoms with Crippen LogP contribution in [0.4, 0.5) is 0 Å².